The van der Waals surface area contributed by atoms with Gasteiger partial charge in [0.1, 0.15) is 0 Å². The number of rotatable bonds is 5. The van der Waals surface area contributed by atoms with Crippen LogP contribution >= 0.6 is 0 Å². The maximum absolute atomic E-state index is 5.83. The summed E-state index contributed by atoms with van der Waals surface area (Å²) >= 11 is 0. The first-order valence-corrected chi connectivity index (χ1v) is 5.58. The van der Waals surface area contributed by atoms with Gasteiger partial charge < -0.3 is 10.1 Å². The second kappa shape index (κ2) is 5.61. The predicted octanol–water partition coefficient (Wildman–Crippen LogP) is 2.19. The summed E-state index contributed by atoms with van der Waals surface area (Å²) < 4.78 is 5.83. The lowest BCUT2D eigenvalue weighted by Gasteiger charge is -2.14. The molecule has 0 spiro atoms. The summed E-state index contributed by atoms with van der Waals surface area (Å²) in [6, 6.07) is 0. The molecule has 0 aliphatic carbocycles. The molecule has 0 unspecified atom stereocenters. The van der Waals surface area contributed by atoms with E-state index in [-0.39, 0.29) is 0 Å². The third-order valence-electron chi connectivity index (χ3n) is 2.58. The maximum Gasteiger partial charge on any atom is 0.0704 e. The second-order valence-electron chi connectivity index (χ2n) is 4.42. The van der Waals surface area contributed by atoms with Crippen LogP contribution in [0.25, 0.3) is 0 Å². The minimum Gasteiger partial charge on any atom is -0.374 e. The normalized spacial score (nSPS) is 28.6. The van der Waals surface area contributed by atoms with Crippen LogP contribution in [0.2, 0.25) is 0 Å². The highest BCUT2D eigenvalue weighted by Gasteiger charge is 2.22. The van der Waals surface area contributed by atoms with Gasteiger partial charge in [-0.05, 0) is 31.7 Å². The Morgan fingerprint density at radius 3 is 2.54 bits per heavy atom. The van der Waals surface area contributed by atoms with Gasteiger partial charge in [-0.2, -0.15) is 0 Å². The molecular weight excluding hydrogens is 162 g/mol. The van der Waals surface area contributed by atoms with Gasteiger partial charge in [0, 0.05) is 6.54 Å². The molecule has 0 aromatic rings. The first-order chi connectivity index (χ1) is 6.22. The topological polar surface area (TPSA) is 21.3 Å². The van der Waals surface area contributed by atoms with Crippen molar-refractivity contribution >= 4 is 0 Å². The van der Waals surface area contributed by atoms with E-state index in [1.807, 2.05) is 0 Å². The van der Waals surface area contributed by atoms with Crippen LogP contribution in [-0.4, -0.2) is 25.3 Å². The van der Waals surface area contributed by atoms with Crippen molar-refractivity contribution in [2.75, 3.05) is 13.1 Å². The zero-order valence-corrected chi connectivity index (χ0v) is 9.18. The summed E-state index contributed by atoms with van der Waals surface area (Å²) in [4.78, 5) is 0. The van der Waals surface area contributed by atoms with Gasteiger partial charge in [0.2, 0.25) is 0 Å². The molecule has 2 heteroatoms. The van der Waals surface area contributed by atoms with Crippen molar-refractivity contribution in [2.45, 2.75) is 52.2 Å². The van der Waals surface area contributed by atoms with Crippen molar-refractivity contribution in [2.24, 2.45) is 5.92 Å². The van der Waals surface area contributed by atoms with Crippen LogP contribution in [0, 0.1) is 5.92 Å². The van der Waals surface area contributed by atoms with E-state index in [2.05, 4.69) is 26.1 Å². The first-order valence-electron chi connectivity index (χ1n) is 5.58. The average Bonchev–Trinajstić information content (AvgIpc) is 2.52. The Hall–Kier alpha value is -0.0800. The Balaban J connectivity index is 2.03. The Labute approximate surface area is 82.0 Å². The summed E-state index contributed by atoms with van der Waals surface area (Å²) in [6.45, 7) is 8.81. The fourth-order valence-corrected chi connectivity index (χ4v) is 1.76. The molecule has 1 aliphatic heterocycles. The van der Waals surface area contributed by atoms with Crippen molar-refractivity contribution in [3.05, 3.63) is 0 Å². The van der Waals surface area contributed by atoms with E-state index in [4.69, 9.17) is 4.74 Å². The summed E-state index contributed by atoms with van der Waals surface area (Å²) in [7, 11) is 0. The Kier molecular flexibility index (Phi) is 4.74. The maximum atomic E-state index is 5.83. The average molecular weight is 185 g/mol. The molecule has 1 rings (SSSR count). The summed E-state index contributed by atoms with van der Waals surface area (Å²) in [5.41, 5.74) is 0. The minimum atomic E-state index is 0.476. The van der Waals surface area contributed by atoms with Crippen LogP contribution in [0.4, 0.5) is 0 Å². The quantitative estimate of drug-likeness (QED) is 0.709. The van der Waals surface area contributed by atoms with E-state index >= 15 is 0 Å². The van der Waals surface area contributed by atoms with Gasteiger partial charge in [-0.3, -0.25) is 0 Å². The fraction of sp³-hybridized carbons (Fsp3) is 1.00. The first kappa shape index (κ1) is 11.0. The van der Waals surface area contributed by atoms with E-state index in [0.717, 1.165) is 19.0 Å². The third-order valence-corrected chi connectivity index (χ3v) is 2.58. The van der Waals surface area contributed by atoms with Crippen LogP contribution in [0.5, 0.6) is 0 Å². The van der Waals surface area contributed by atoms with Gasteiger partial charge in [0.05, 0.1) is 12.2 Å². The molecule has 0 amide bonds. The lowest BCUT2D eigenvalue weighted by Crippen LogP contribution is -2.29. The number of nitrogens with one attached hydrogen (secondary N) is 1. The van der Waals surface area contributed by atoms with Crippen molar-refractivity contribution in [1.82, 2.24) is 5.32 Å². The van der Waals surface area contributed by atoms with Crippen LogP contribution in [0.3, 0.4) is 0 Å². The summed E-state index contributed by atoms with van der Waals surface area (Å²) in [5, 5.41) is 3.45. The van der Waals surface area contributed by atoms with Crippen LogP contribution in [0.15, 0.2) is 0 Å². The Bertz CT molecular complexity index is 136. The van der Waals surface area contributed by atoms with Crippen molar-refractivity contribution in [1.29, 1.82) is 0 Å². The van der Waals surface area contributed by atoms with E-state index in [1.54, 1.807) is 0 Å². The number of ether oxygens (including phenoxy) is 1. The molecule has 1 saturated heterocycles. The van der Waals surface area contributed by atoms with Gasteiger partial charge in [0.15, 0.2) is 0 Å². The summed E-state index contributed by atoms with van der Waals surface area (Å²) in [5.74, 6) is 0.739. The van der Waals surface area contributed by atoms with Crippen molar-refractivity contribution in [3.8, 4) is 0 Å². The molecular formula is C11H23NO. The van der Waals surface area contributed by atoms with Gasteiger partial charge >= 0.3 is 0 Å². The van der Waals surface area contributed by atoms with Crippen LogP contribution < -0.4 is 5.32 Å². The molecule has 1 N–H and O–H groups in total. The molecule has 78 valence electrons. The minimum absolute atomic E-state index is 0.476. The van der Waals surface area contributed by atoms with E-state index in [9.17, 15) is 0 Å². The third kappa shape index (κ3) is 4.10. The van der Waals surface area contributed by atoms with Crippen LogP contribution in [-0.2, 0) is 4.74 Å². The lowest BCUT2D eigenvalue weighted by atomic mass is 10.1. The van der Waals surface area contributed by atoms with Crippen molar-refractivity contribution in [3.63, 3.8) is 0 Å². The molecule has 0 bridgehead atoms. The lowest BCUT2D eigenvalue weighted by molar-refractivity contribution is 0.0434. The highest BCUT2D eigenvalue weighted by Crippen LogP contribution is 2.21. The highest BCUT2D eigenvalue weighted by atomic mass is 16.5. The highest BCUT2D eigenvalue weighted by molar-refractivity contribution is 4.74. The summed E-state index contributed by atoms with van der Waals surface area (Å²) in [6.07, 6.45) is 4.67. The van der Waals surface area contributed by atoms with Crippen LogP contribution in [0.1, 0.15) is 40.0 Å². The number of hydrogen-bond acceptors (Lipinski definition) is 2. The van der Waals surface area contributed by atoms with E-state index < -0.39 is 0 Å². The van der Waals surface area contributed by atoms with Gasteiger partial charge in [-0.1, -0.05) is 20.8 Å². The van der Waals surface area contributed by atoms with Crippen molar-refractivity contribution < 1.29 is 4.74 Å². The molecule has 13 heavy (non-hydrogen) atoms. The molecule has 2 nitrogen and oxygen atoms in total. The van der Waals surface area contributed by atoms with Gasteiger partial charge in [-0.15, -0.1) is 0 Å². The molecule has 0 saturated carbocycles. The van der Waals surface area contributed by atoms with E-state index in [1.165, 1.54) is 19.3 Å². The smallest absolute Gasteiger partial charge is 0.0704 e. The molecule has 1 aliphatic rings. The second-order valence-corrected chi connectivity index (χ2v) is 4.42. The predicted molar refractivity (Wildman–Crippen MR) is 55.9 cm³/mol. The SMILES string of the molecule is CC[C@H]1CC[C@@H](CNCC(C)C)O1. The fourth-order valence-electron chi connectivity index (χ4n) is 1.76. The van der Waals surface area contributed by atoms with E-state index in [0.29, 0.717) is 12.2 Å². The molecule has 0 radical (unpaired) electrons. The monoisotopic (exact) mass is 185 g/mol. The largest absolute Gasteiger partial charge is 0.374 e. The number of hydrogen-bond donors (Lipinski definition) is 1. The molecule has 0 aromatic heterocycles. The zero-order chi connectivity index (χ0) is 9.68. The molecule has 2 atom stereocenters. The Morgan fingerprint density at radius 2 is 2.00 bits per heavy atom. The molecule has 1 heterocycles. The zero-order valence-electron chi connectivity index (χ0n) is 9.18. The van der Waals surface area contributed by atoms with Gasteiger partial charge in [0.25, 0.3) is 0 Å². The van der Waals surface area contributed by atoms with Gasteiger partial charge in [-0.25, -0.2) is 0 Å². The molecule has 1 fully saturated rings. The standard InChI is InChI=1S/C11H23NO/c1-4-10-5-6-11(13-10)8-12-7-9(2)3/h9-12H,4-8H2,1-3H3/t10-,11-/m0/s1. The Morgan fingerprint density at radius 1 is 1.31 bits per heavy atom. The molecule has 0 aromatic carbocycles.